The summed E-state index contributed by atoms with van der Waals surface area (Å²) < 4.78 is 7.91. The van der Waals surface area contributed by atoms with Gasteiger partial charge in [-0.2, -0.15) is 0 Å². The van der Waals surface area contributed by atoms with Crippen LogP contribution in [0.25, 0.3) is 0 Å². The van der Waals surface area contributed by atoms with Crippen LogP contribution in [0.15, 0.2) is 29.9 Å². The number of ether oxygens (including phenoxy) is 1. The molecular formula is C15H22N4OS. The van der Waals surface area contributed by atoms with Gasteiger partial charge >= 0.3 is 0 Å². The van der Waals surface area contributed by atoms with E-state index < -0.39 is 0 Å². The van der Waals surface area contributed by atoms with Gasteiger partial charge in [-0.15, -0.1) is 11.3 Å². The van der Waals surface area contributed by atoms with Crippen molar-refractivity contribution < 1.29 is 4.74 Å². The normalized spacial score (nSPS) is 21.5. The van der Waals surface area contributed by atoms with Gasteiger partial charge in [-0.05, 0) is 18.5 Å². The van der Waals surface area contributed by atoms with Gasteiger partial charge in [0.05, 0.1) is 12.7 Å². The van der Waals surface area contributed by atoms with E-state index in [2.05, 4.69) is 44.3 Å². The molecule has 3 heterocycles. The minimum atomic E-state index is 0.126. The molecule has 0 saturated carbocycles. The zero-order chi connectivity index (χ0) is 14.7. The molecule has 0 aliphatic carbocycles. The van der Waals surface area contributed by atoms with E-state index in [-0.39, 0.29) is 12.1 Å². The second-order valence-corrected chi connectivity index (χ2v) is 6.49. The third-order valence-corrected chi connectivity index (χ3v) is 4.77. The summed E-state index contributed by atoms with van der Waals surface area (Å²) in [5.74, 6) is 1.04. The van der Waals surface area contributed by atoms with E-state index in [1.165, 1.54) is 4.88 Å². The molecule has 1 aliphatic heterocycles. The lowest BCUT2D eigenvalue weighted by atomic mass is 10.2. The Bertz CT molecular complexity index is 554. The van der Waals surface area contributed by atoms with Crippen LogP contribution >= 0.6 is 11.3 Å². The molecule has 1 saturated heterocycles. The highest BCUT2D eigenvalue weighted by atomic mass is 32.1. The van der Waals surface area contributed by atoms with Crippen LogP contribution in [0.1, 0.15) is 16.7 Å². The molecule has 1 aliphatic rings. The summed E-state index contributed by atoms with van der Waals surface area (Å²) in [6.07, 6.45) is 4.08. The van der Waals surface area contributed by atoms with Gasteiger partial charge in [0, 0.05) is 44.0 Å². The number of hydrogen-bond donors (Lipinski definition) is 1. The lowest BCUT2D eigenvalue weighted by molar-refractivity contribution is -0.0189. The molecule has 3 rings (SSSR count). The molecule has 0 aromatic carbocycles. The molecular weight excluding hydrogens is 284 g/mol. The molecule has 2 aromatic rings. The van der Waals surface area contributed by atoms with Crippen LogP contribution in [0.4, 0.5) is 0 Å². The maximum atomic E-state index is 5.84. The van der Waals surface area contributed by atoms with Crippen molar-refractivity contribution in [2.75, 3.05) is 33.3 Å². The van der Waals surface area contributed by atoms with Crippen molar-refractivity contribution in [2.24, 2.45) is 7.05 Å². The first-order valence-electron chi connectivity index (χ1n) is 7.28. The quantitative estimate of drug-likeness (QED) is 0.909. The number of thiophene rings is 1. The van der Waals surface area contributed by atoms with Crippen molar-refractivity contribution in [2.45, 2.75) is 12.1 Å². The van der Waals surface area contributed by atoms with E-state index in [4.69, 9.17) is 4.74 Å². The summed E-state index contributed by atoms with van der Waals surface area (Å²) in [6, 6.07) is 4.37. The van der Waals surface area contributed by atoms with Crippen LogP contribution in [0.3, 0.4) is 0 Å². The van der Waals surface area contributed by atoms with E-state index in [0.29, 0.717) is 0 Å². The van der Waals surface area contributed by atoms with Gasteiger partial charge in [-0.1, -0.05) is 6.07 Å². The molecule has 0 spiro atoms. The summed E-state index contributed by atoms with van der Waals surface area (Å²) in [4.78, 5) is 8.11. The fraction of sp³-hybridized carbons (Fsp3) is 0.533. The molecule has 21 heavy (non-hydrogen) atoms. The highest BCUT2D eigenvalue weighted by Crippen LogP contribution is 2.24. The Balaban J connectivity index is 1.70. The molecule has 2 atom stereocenters. The number of nitrogens with one attached hydrogen (secondary N) is 1. The molecule has 6 heteroatoms. The van der Waals surface area contributed by atoms with Gasteiger partial charge in [-0.3, -0.25) is 0 Å². The fourth-order valence-electron chi connectivity index (χ4n) is 2.67. The monoisotopic (exact) mass is 306 g/mol. The predicted molar refractivity (Wildman–Crippen MR) is 84.6 cm³/mol. The number of rotatable bonds is 5. The minimum absolute atomic E-state index is 0.126. The zero-order valence-electron chi connectivity index (χ0n) is 12.5. The van der Waals surface area contributed by atoms with Crippen molar-refractivity contribution in [1.82, 2.24) is 19.8 Å². The topological polar surface area (TPSA) is 42.3 Å². The number of nitrogens with zero attached hydrogens (tertiary/aromatic N) is 3. The second kappa shape index (κ2) is 6.70. The van der Waals surface area contributed by atoms with E-state index in [1.54, 1.807) is 11.3 Å². The molecule has 2 aromatic heterocycles. The first-order chi connectivity index (χ1) is 10.2. The number of likely N-dealkylation sites (N-methyl/N-ethyl adjacent to an activating group) is 1. The predicted octanol–water partition coefficient (Wildman–Crippen LogP) is 1.49. The highest BCUT2D eigenvalue weighted by Gasteiger charge is 2.23. The maximum Gasteiger partial charge on any atom is 0.131 e. The van der Waals surface area contributed by atoms with Crippen LogP contribution in [0.2, 0.25) is 0 Å². The number of morpholine rings is 1. The number of imidazole rings is 1. The Labute approximate surface area is 129 Å². The summed E-state index contributed by atoms with van der Waals surface area (Å²) in [5, 5.41) is 5.74. The van der Waals surface area contributed by atoms with Crippen LogP contribution in [-0.2, 0) is 11.8 Å². The Morgan fingerprint density at radius 2 is 2.43 bits per heavy atom. The summed E-state index contributed by atoms with van der Waals surface area (Å²) >= 11 is 1.76. The van der Waals surface area contributed by atoms with Gasteiger partial charge in [0.25, 0.3) is 0 Å². The molecule has 2 unspecified atom stereocenters. The number of aryl methyl sites for hydroxylation is 1. The Morgan fingerprint density at radius 1 is 1.52 bits per heavy atom. The fourth-order valence-corrected chi connectivity index (χ4v) is 3.47. The Morgan fingerprint density at radius 3 is 3.10 bits per heavy atom. The van der Waals surface area contributed by atoms with Gasteiger partial charge in [0.2, 0.25) is 0 Å². The highest BCUT2D eigenvalue weighted by molar-refractivity contribution is 7.10. The van der Waals surface area contributed by atoms with E-state index in [0.717, 1.165) is 32.1 Å². The van der Waals surface area contributed by atoms with Gasteiger partial charge in [0.1, 0.15) is 11.9 Å². The minimum Gasteiger partial charge on any atom is -0.374 e. The summed E-state index contributed by atoms with van der Waals surface area (Å²) in [5.41, 5.74) is 0. The van der Waals surface area contributed by atoms with E-state index >= 15 is 0 Å². The molecule has 114 valence electrons. The molecule has 0 amide bonds. The first-order valence-corrected chi connectivity index (χ1v) is 8.16. The second-order valence-electron chi connectivity index (χ2n) is 5.51. The molecule has 1 N–H and O–H groups in total. The van der Waals surface area contributed by atoms with Gasteiger partial charge in [-0.25, -0.2) is 4.98 Å². The standard InChI is InChI=1S/C15H22N4OS/c1-18-7-8-20-12(11-18)10-17-14(13-4-3-9-21-13)15-16-5-6-19(15)2/h3-6,9,12,14,17H,7-8,10-11H2,1-2H3. The molecule has 0 radical (unpaired) electrons. The number of aromatic nitrogens is 2. The van der Waals surface area contributed by atoms with E-state index in [9.17, 15) is 0 Å². The van der Waals surface area contributed by atoms with Crippen LogP contribution in [0, 0.1) is 0 Å². The average Bonchev–Trinajstić information content (AvgIpc) is 3.12. The van der Waals surface area contributed by atoms with Crippen molar-refractivity contribution in [1.29, 1.82) is 0 Å². The van der Waals surface area contributed by atoms with Gasteiger partial charge < -0.3 is 19.5 Å². The van der Waals surface area contributed by atoms with Crippen molar-refractivity contribution >= 4 is 11.3 Å². The van der Waals surface area contributed by atoms with Crippen molar-refractivity contribution in [3.8, 4) is 0 Å². The maximum absolute atomic E-state index is 5.84. The lowest BCUT2D eigenvalue weighted by Crippen LogP contribution is -2.45. The lowest BCUT2D eigenvalue weighted by Gasteiger charge is -2.31. The molecule has 5 nitrogen and oxygen atoms in total. The first kappa shape index (κ1) is 14.7. The van der Waals surface area contributed by atoms with Crippen LogP contribution in [0.5, 0.6) is 0 Å². The molecule has 0 bridgehead atoms. The van der Waals surface area contributed by atoms with Crippen molar-refractivity contribution in [3.63, 3.8) is 0 Å². The Kier molecular flexibility index (Phi) is 4.70. The number of hydrogen-bond acceptors (Lipinski definition) is 5. The third-order valence-electron chi connectivity index (χ3n) is 3.84. The summed E-state index contributed by atoms with van der Waals surface area (Å²) in [7, 11) is 4.18. The smallest absolute Gasteiger partial charge is 0.131 e. The van der Waals surface area contributed by atoms with Crippen LogP contribution < -0.4 is 5.32 Å². The van der Waals surface area contributed by atoms with Crippen molar-refractivity contribution in [3.05, 3.63) is 40.6 Å². The zero-order valence-corrected chi connectivity index (χ0v) is 13.3. The Hall–Kier alpha value is -1.21. The van der Waals surface area contributed by atoms with Gasteiger partial charge in [0.15, 0.2) is 0 Å². The largest absolute Gasteiger partial charge is 0.374 e. The third kappa shape index (κ3) is 3.52. The average molecular weight is 306 g/mol. The SMILES string of the molecule is CN1CCOC(CNC(c2cccs2)c2nccn2C)C1. The summed E-state index contributed by atoms with van der Waals surface area (Å²) in [6.45, 7) is 3.64. The van der Waals surface area contributed by atoms with Crippen LogP contribution in [-0.4, -0.2) is 53.8 Å². The van der Waals surface area contributed by atoms with E-state index in [1.807, 2.05) is 19.4 Å². The molecule has 1 fully saturated rings.